The Morgan fingerprint density at radius 1 is 0.919 bits per heavy atom. The highest BCUT2D eigenvalue weighted by Crippen LogP contribution is 2.30. The van der Waals surface area contributed by atoms with Gasteiger partial charge in [0.25, 0.3) is 0 Å². The minimum absolute atomic E-state index is 0.123. The molecule has 0 spiro atoms. The fraction of sp³-hybridized carbons (Fsp3) is 0.593. The highest BCUT2D eigenvalue weighted by atomic mass is 35.5. The summed E-state index contributed by atoms with van der Waals surface area (Å²) in [6.45, 7) is 5.69. The van der Waals surface area contributed by atoms with Crippen LogP contribution in [0.15, 0.2) is 30.5 Å². The fourth-order valence-electron chi connectivity index (χ4n) is 5.76. The van der Waals surface area contributed by atoms with Crippen LogP contribution in [0.4, 0.5) is 22.2 Å². The molecule has 2 aromatic rings. The number of halogens is 2. The molecule has 5 rings (SSSR count). The van der Waals surface area contributed by atoms with Crippen molar-refractivity contribution in [2.45, 2.75) is 63.5 Å². The average molecular weight is 547 g/mol. The molecule has 200 valence electrons. The Morgan fingerprint density at radius 3 is 2.49 bits per heavy atom. The van der Waals surface area contributed by atoms with Gasteiger partial charge < -0.3 is 20.4 Å². The van der Waals surface area contributed by atoms with E-state index in [4.69, 9.17) is 28.2 Å². The van der Waals surface area contributed by atoms with Crippen molar-refractivity contribution < 1.29 is 4.79 Å². The molecule has 0 radical (unpaired) electrons. The second-order valence-electron chi connectivity index (χ2n) is 10.4. The summed E-state index contributed by atoms with van der Waals surface area (Å²) >= 11 is 12.3. The Hall–Kier alpha value is -2.29. The summed E-state index contributed by atoms with van der Waals surface area (Å²) < 4.78 is 0. The predicted molar refractivity (Wildman–Crippen MR) is 151 cm³/mol. The maximum absolute atomic E-state index is 12.8. The first-order valence-corrected chi connectivity index (χ1v) is 14.4. The molecular formula is C27H37Cl2N7O. The van der Waals surface area contributed by atoms with E-state index in [0.29, 0.717) is 27.8 Å². The Labute approximate surface area is 229 Å². The van der Waals surface area contributed by atoms with Gasteiger partial charge in [-0.05, 0) is 63.3 Å². The predicted octanol–water partition coefficient (Wildman–Crippen LogP) is 5.74. The molecule has 3 saturated heterocycles. The van der Waals surface area contributed by atoms with Gasteiger partial charge in [-0.3, -0.25) is 4.90 Å². The third-order valence-corrected chi connectivity index (χ3v) is 8.64. The van der Waals surface area contributed by atoms with E-state index in [2.05, 4.69) is 25.4 Å². The third kappa shape index (κ3) is 6.78. The molecule has 1 atom stereocenters. The lowest BCUT2D eigenvalue weighted by Gasteiger charge is -2.42. The van der Waals surface area contributed by atoms with Gasteiger partial charge in [-0.15, -0.1) is 0 Å². The number of carbonyl (C=O) groups excluding carboxylic acids is 1. The number of rotatable bonds is 5. The second kappa shape index (κ2) is 12.5. The number of urea groups is 1. The molecule has 0 bridgehead atoms. The Morgan fingerprint density at radius 2 is 1.70 bits per heavy atom. The molecule has 4 heterocycles. The first kappa shape index (κ1) is 26.3. The molecule has 3 aliphatic rings. The van der Waals surface area contributed by atoms with Crippen LogP contribution in [0.5, 0.6) is 0 Å². The zero-order valence-electron chi connectivity index (χ0n) is 21.3. The summed E-state index contributed by atoms with van der Waals surface area (Å²) in [4.78, 5) is 29.0. The molecule has 37 heavy (non-hydrogen) atoms. The normalized spacial score (nSPS) is 21.9. The Kier molecular flexibility index (Phi) is 8.89. The van der Waals surface area contributed by atoms with E-state index >= 15 is 0 Å². The fourth-order valence-corrected chi connectivity index (χ4v) is 6.11. The lowest BCUT2D eigenvalue weighted by molar-refractivity contribution is 0.0997. The Balaban J connectivity index is 1.12. The minimum Gasteiger partial charge on any atom is -0.356 e. The topological polar surface area (TPSA) is 76.6 Å². The largest absolute Gasteiger partial charge is 0.356 e. The summed E-state index contributed by atoms with van der Waals surface area (Å²) in [6.07, 6.45) is 11.2. The zero-order valence-corrected chi connectivity index (χ0v) is 22.9. The molecule has 10 heteroatoms. The van der Waals surface area contributed by atoms with Crippen molar-refractivity contribution in [2.75, 3.05) is 54.8 Å². The van der Waals surface area contributed by atoms with Crippen LogP contribution in [0, 0.1) is 0 Å². The van der Waals surface area contributed by atoms with E-state index in [0.717, 1.165) is 76.7 Å². The van der Waals surface area contributed by atoms with Crippen molar-refractivity contribution in [1.82, 2.24) is 19.8 Å². The van der Waals surface area contributed by atoms with Gasteiger partial charge in [-0.1, -0.05) is 42.1 Å². The van der Waals surface area contributed by atoms with Gasteiger partial charge in [-0.25, -0.2) is 9.78 Å². The number of carbonyl (C=O) groups is 1. The van der Waals surface area contributed by atoms with Crippen LogP contribution in [-0.2, 0) is 0 Å². The lowest BCUT2D eigenvalue weighted by Crippen LogP contribution is -2.52. The molecule has 3 aliphatic heterocycles. The lowest BCUT2D eigenvalue weighted by atomic mass is 9.98. The van der Waals surface area contributed by atoms with E-state index < -0.39 is 0 Å². The first-order valence-electron chi connectivity index (χ1n) is 13.7. The number of nitrogens with zero attached hydrogens (tertiary/aromatic N) is 5. The Bertz CT molecular complexity index is 1050. The molecule has 1 aromatic carbocycles. The van der Waals surface area contributed by atoms with Crippen LogP contribution in [0.25, 0.3) is 0 Å². The number of hydrogen-bond donors (Lipinski definition) is 2. The van der Waals surface area contributed by atoms with Crippen molar-refractivity contribution in [1.29, 1.82) is 0 Å². The third-order valence-electron chi connectivity index (χ3n) is 7.82. The van der Waals surface area contributed by atoms with Crippen LogP contribution in [-0.4, -0.2) is 77.2 Å². The van der Waals surface area contributed by atoms with Crippen LogP contribution in [0.2, 0.25) is 10.0 Å². The maximum Gasteiger partial charge on any atom is 0.321 e. The molecule has 2 N–H and O–H groups in total. The quantitative estimate of drug-likeness (QED) is 0.499. The van der Waals surface area contributed by atoms with Gasteiger partial charge in [0, 0.05) is 51.0 Å². The van der Waals surface area contributed by atoms with Crippen molar-refractivity contribution in [2.24, 2.45) is 0 Å². The summed E-state index contributed by atoms with van der Waals surface area (Å²) in [5.41, 5.74) is 0.549. The molecule has 1 unspecified atom stereocenters. The second-order valence-corrected chi connectivity index (χ2v) is 11.2. The van der Waals surface area contributed by atoms with Crippen LogP contribution in [0.1, 0.15) is 51.4 Å². The smallest absolute Gasteiger partial charge is 0.321 e. The van der Waals surface area contributed by atoms with E-state index in [1.54, 1.807) is 18.2 Å². The number of anilines is 3. The standard InChI is InChI=1S/C27H37Cl2N7O/c28-22-8-5-9-23(25(22)29)32-27(37)35-17-11-21(12-18-35)36-16-6-7-20(19-36)31-26-30-13-10-24(33-26)34-14-3-1-2-4-15-34/h5,8-10,13,20-21H,1-4,6-7,11-12,14-19H2,(H,32,37)(H,30,31,33). The number of hydrogen-bond acceptors (Lipinski definition) is 6. The van der Waals surface area contributed by atoms with Gasteiger partial charge >= 0.3 is 6.03 Å². The van der Waals surface area contributed by atoms with Crippen LogP contribution in [0.3, 0.4) is 0 Å². The van der Waals surface area contributed by atoms with E-state index in [1.807, 2.05) is 17.2 Å². The van der Waals surface area contributed by atoms with E-state index in [9.17, 15) is 4.79 Å². The minimum atomic E-state index is -0.123. The molecule has 0 saturated carbocycles. The molecule has 1 aromatic heterocycles. The van der Waals surface area contributed by atoms with Crippen molar-refractivity contribution in [3.8, 4) is 0 Å². The molecule has 0 aliphatic carbocycles. The van der Waals surface area contributed by atoms with E-state index in [-0.39, 0.29) is 6.03 Å². The first-order chi connectivity index (χ1) is 18.1. The van der Waals surface area contributed by atoms with Gasteiger partial charge in [0.05, 0.1) is 15.7 Å². The SMILES string of the molecule is O=C(Nc1cccc(Cl)c1Cl)N1CCC(N2CCCC(Nc3nccc(N4CCCCCC4)n3)C2)CC1. The maximum atomic E-state index is 12.8. The number of nitrogens with one attached hydrogen (secondary N) is 2. The molecule has 2 amide bonds. The van der Waals surface area contributed by atoms with E-state index in [1.165, 1.54) is 25.7 Å². The number of likely N-dealkylation sites (tertiary alicyclic amines) is 2. The average Bonchev–Trinajstić information content (AvgIpc) is 3.22. The highest BCUT2D eigenvalue weighted by molar-refractivity contribution is 6.43. The summed E-state index contributed by atoms with van der Waals surface area (Å²) in [7, 11) is 0. The van der Waals surface area contributed by atoms with Gasteiger partial charge in [-0.2, -0.15) is 4.98 Å². The number of piperidine rings is 2. The monoisotopic (exact) mass is 545 g/mol. The van der Waals surface area contributed by atoms with Crippen molar-refractivity contribution >= 4 is 46.7 Å². The highest BCUT2D eigenvalue weighted by Gasteiger charge is 2.31. The van der Waals surface area contributed by atoms with Crippen molar-refractivity contribution in [3.05, 3.63) is 40.5 Å². The molecule has 8 nitrogen and oxygen atoms in total. The van der Waals surface area contributed by atoms with Crippen molar-refractivity contribution in [3.63, 3.8) is 0 Å². The summed E-state index contributed by atoms with van der Waals surface area (Å²) in [6, 6.07) is 7.99. The van der Waals surface area contributed by atoms with Gasteiger partial charge in [0.2, 0.25) is 5.95 Å². The summed E-state index contributed by atoms with van der Waals surface area (Å²) in [5, 5.41) is 7.34. The van der Waals surface area contributed by atoms with Gasteiger partial charge in [0.1, 0.15) is 5.82 Å². The number of aromatic nitrogens is 2. The number of amides is 2. The van der Waals surface area contributed by atoms with Crippen LogP contribution < -0.4 is 15.5 Å². The molecule has 3 fully saturated rings. The summed E-state index contributed by atoms with van der Waals surface area (Å²) in [5.74, 6) is 1.77. The molecular weight excluding hydrogens is 509 g/mol. The number of benzene rings is 1. The zero-order chi connectivity index (χ0) is 25.6. The van der Waals surface area contributed by atoms with Gasteiger partial charge in [0.15, 0.2) is 0 Å². The van der Waals surface area contributed by atoms with Crippen LogP contribution >= 0.6 is 23.2 Å².